The maximum atomic E-state index is 13.9. The number of rotatable bonds is 12. The van der Waals surface area contributed by atoms with E-state index in [0.717, 1.165) is 10.6 Å². The van der Waals surface area contributed by atoms with Crippen LogP contribution >= 0.6 is 23.2 Å². The molecule has 0 aliphatic carbocycles. The van der Waals surface area contributed by atoms with Crippen molar-refractivity contribution in [3.8, 4) is 5.88 Å². The van der Waals surface area contributed by atoms with Gasteiger partial charge in [-0.3, -0.25) is 10.1 Å². The number of halogens is 8. The molecule has 19 heteroatoms. The van der Waals surface area contributed by atoms with Crippen molar-refractivity contribution in [3.63, 3.8) is 0 Å². The molecule has 0 aliphatic heterocycles. The lowest BCUT2D eigenvalue weighted by Crippen LogP contribution is -2.27. The second kappa shape index (κ2) is 12.5. The molecule has 0 fully saturated rings. The molecular formula is C20H18Cl2F6N6O4Si. The summed E-state index contributed by atoms with van der Waals surface area (Å²) in [6.07, 6.45) is -9.84. The molecule has 0 aliphatic rings. The second-order valence-electron chi connectivity index (χ2n) is 7.79. The molecule has 0 saturated carbocycles. The number of aromatic nitrogens is 4. The Morgan fingerprint density at radius 1 is 1.18 bits per heavy atom. The number of fused-ring (bicyclic) bond motifs is 1. The average molecular weight is 619 g/mol. The fourth-order valence-corrected chi connectivity index (χ4v) is 4.31. The first-order valence-corrected chi connectivity index (χ1v) is 13.2. The number of nitrogens with one attached hydrogen (secondary N) is 1. The molecule has 1 atom stereocenters. The molecule has 212 valence electrons. The molecule has 0 bridgehead atoms. The summed E-state index contributed by atoms with van der Waals surface area (Å²) in [6, 6.07) is 2.33. The zero-order valence-corrected chi connectivity index (χ0v) is 22.2. The van der Waals surface area contributed by atoms with Gasteiger partial charge in [-0.1, -0.05) is 18.1 Å². The molecule has 3 aromatic heterocycles. The standard InChI is InChI=1S/C20H18Cl2F6N6O4Si/c1-39-13(7-19(23,24)25)38-9-33-8-10(20(26,27)28)14-15(31-18(22)32-16(14)33)29-5-2-6-37-17-11(34(35)36)3-4-12(21)30-17/h3-4,8,13H,2,5-7,9H2,1H3,(H,29,31,32). The molecule has 3 aromatic rings. The third kappa shape index (κ3) is 8.30. The van der Waals surface area contributed by atoms with E-state index in [4.69, 9.17) is 32.7 Å². The number of nitrogens with zero attached hydrogens (tertiary/aromatic N) is 5. The van der Waals surface area contributed by atoms with E-state index in [0.29, 0.717) is 6.20 Å². The van der Waals surface area contributed by atoms with Crippen LogP contribution in [0.2, 0.25) is 17.0 Å². The summed E-state index contributed by atoms with van der Waals surface area (Å²) in [4.78, 5) is 21.8. The first-order chi connectivity index (χ1) is 18.2. The maximum Gasteiger partial charge on any atom is 0.418 e. The minimum absolute atomic E-state index is 0.0135. The van der Waals surface area contributed by atoms with E-state index in [-0.39, 0.29) is 51.6 Å². The van der Waals surface area contributed by atoms with Crippen molar-refractivity contribution in [2.45, 2.75) is 44.2 Å². The third-order valence-corrected chi connectivity index (χ3v) is 6.40. The second-order valence-corrected chi connectivity index (χ2v) is 9.73. The molecule has 3 heterocycles. The number of hydrogen-bond donors (Lipinski definition) is 1. The largest absolute Gasteiger partial charge is 0.473 e. The number of ether oxygens (including phenoxy) is 2. The predicted molar refractivity (Wildman–Crippen MR) is 129 cm³/mol. The van der Waals surface area contributed by atoms with Crippen molar-refractivity contribution < 1.29 is 40.7 Å². The number of anilines is 1. The van der Waals surface area contributed by atoms with Gasteiger partial charge in [0.25, 0.3) is 5.88 Å². The molecule has 1 unspecified atom stereocenters. The van der Waals surface area contributed by atoms with Crippen LogP contribution in [0.25, 0.3) is 11.0 Å². The molecule has 39 heavy (non-hydrogen) atoms. The highest BCUT2D eigenvalue weighted by atomic mass is 35.5. The van der Waals surface area contributed by atoms with Gasteiger partial charge in [-0.25, -0.2) is 4.98 Å². The van der Waals surface area contributed by atoms with E-state index in [2.05, 4.69) is 20.3 Å². The first kappa shape index (κ1) is 30.6. The van der Waals surface area contributed by atoms with Crippen LogP contribution in [0.15, 0.2) is 18.3 Å². The predicted octanol–water partition coefficient (Wildman–Crippen LogP) is 5.95. The van der Waals surface area contributed by atoms with Crippen molar-refractivity contribution in [2.75, 3.05) is 18.5 Å². The van der Waals surface area contributed by atoms with Crippen molar-refractivity contribution >= 4 is 55.3 Å². The van der Waals surface area contributed by atoms with Crippen LogP contribution < -0.4 is 10.1 Å². The summed E-state index contributed by atoms with van der Waals surface area (Å²) >= 11 is 11.7. The Morgan fingerprint density at radius 3 is 2.51 bits per heavy atom. The van der Waals surface area contributed by atoms with E-state index in [1.165, 1.54) is 12.6 Å². The van der Waals surface area contributed by atoms with Crippen LogP contribution in [0.1, 0.15) is 18.4 Å². The van der Waals surface area contributed by atoms with E-state index in [1.54, 1.807) is 0 Å². The SMILES string of the molecule is C[Si]C(CC(F)(F)F)OCn1cc(C(F)(F)F)c2c(NCCCOc3nc(Cl)ccc3[N+](=O)[O-])nc(Cl)nc21. The Kier molecular flexibility index (Phi) is 9.84. The lowest BCUT2D eigenvalue weighted by Gasteiger charge is -2.18. The number of alkyl halides is 6. The van der Waals surface area contributed by atoms with Crippen LogP contribution in [-0.4, -0.2) is 59.0 Å². The van der Waals surface area contributed by atoms with E-state index >= 15 is 0 Å². The molecule has 2 radical (unpaired) electrons. The van der Waals surface area contributed by atoms with Gasteiger partial charge in [0.2, 0.25) is 5.28 Å². The van der Waals surface area contributed by atoms with Crippen molar-refractivity contribution in [3.05, 3.63) is 44.4 Å². The quantitative estimate of drug-likeness (QED) is 0.0503. The highest BCUT2D eigenvalue weighted by molar-refractivity contribution is 6.35. The molecule has 10 nitrogen and oxygen atoms in total. The summed E-state index contributed by atoms with van der Waals surface area (Å²) in [6.45, 7) is 0.708. The summed E-state index contributed by atoms with van der Waals surface area (Å²) in [5.74, 6) is -0.611. The van der Waals surface area contributed by atoms with E-state index in [9.17, 15) is 36.5 Å². The molecule has 0 spiro atoms. The molecular weight excluding hydrogens is 601 g/mol. The summed E-state index contributed by atoms with van der Waals surface area (Å²) < 4.78 is 91.3. The van der Waals surface area contributed by atoms with Gasteiger partial charge in [0.1, 0.15) is 23.3 Å². The van der Waals surface area contributed by atoms with Crippen LogP contribution in [-0.2, 0) is 17.6 Å². The Labute approximate surface area is 228 Å². The molecule has 0 aromatic carbocycles. The Balaban J connectivity index is 1.78. The van der Waals surface area contributed by atoms with Gasteiger partial charge < -0.3 is 19.4 Å². The van der Waals surface area contributed by atoms with Gasteiger partial charge >= 0.3 is 18.0 Å². The molecule has 0 saturated heterocycles. The van der Waals surface area contributed by atoms with Crippen LogP contribution in [0.3, 0.4) is 0 Å². The van der Waals surface area contributed by atoms with Crippen LogP contribution in [0.4, 0.5) is 37.8 Å². The maximum absolute atomic E-state index is 13.9. The lowest BCUT2D eigenvalue weighted by atomic mass is 10.2. The Bertz CT molecular complexity index is 1330. The molecule has 3 rings (SSSR count). The number of hydrogen-bond acceptors (Lipinski definition) is 8. The highest BCUT2D eigenvalue weighted by Gasteiger charge is 2.37. The van der Waals surface area contributed by atoms with E-state index in [1.807, 2.05) is 0 Å². The Hall–Kier alpha value is -2.89. The monoisotopic (exact) mass is 618 g/mol. The van der Waals surface area contributed by atoms with Crippen molar-refractivity contribution in [1.82, 2.24) is 19.5 Å². The average Bonchev–Trinajstić information content (AvgIpc) is 3.19. The highest BCUT2D eigenvalue weighted by Crippen LogP contribution is 2.39. The topological polar surface area (TPSA) is 117 Å². The third-order valence-electron chi connectivity index (χ3n) is 5.00. The summed E-state index contributed by atoms with van der Waals surface area (Å²) in [5, 5.41) is 12.9. The van der Waals surface area contributed by atoms with Gasteiger partial charge in [0.15, 0.2) is 0 Å². The first-order valence-electron chi connectivity index (χ1n) is 10.9. The fourth-order valence-electron chi connectivity index (χ4n) is 3.33. The van der Waals surface area contributed by atoms with Crippen LogP contribution in [0, 0.1) is 10.1 Å². The van der Waals surface area contributed by atoms with Crippen molar-refractivity contribution in [1.29, 1.82) is 0 Å². The number of nitro groups is 1. The molecule has 1 N–H and O–H groups in total. The molecule has 0 amide bonds. The minimum atomic E-state index is -4.87. The van der Waals surface area contributed by atoms with E-state index < -0.39 is 58.1 Å². The van der Waals surface area contributed by atoms with Gasteiger partial charge in [-0.15, -0.1) is 0 Å². The summed E-state index contributed by atoms with van der Waals surface area (Å²) in [7, 11) is -0.282. The lowest BCUT2D eigenvalue weighted by molar-refractivity contribution is -0.386. The summed E-state index contributed by atoms with van der Waals surface area (Å²) in [5.41, 5.74) is -3.13. The smallest absolute Gasteiger partial charge is 0.418 e. The van der Waals surface area contributed by atoms with Gasteiger partial charge in [-0.2, -0.15) is 36.3 Å². The zero-order valence-electron chi connectivity index (χ0n) is 19.7. The minimum Gasteiger partial charge on any atom is -0.473 e. The Morgan fingerprint density at radius 2 is 1.90 bits per heavy atom. The van der Waals surface area contributed by atoms with Crippen molar-refractivity contribution in [2.24, 2.45) is 0 Å². The van der Waals surface area contributed by atoms with Gasteiger partial charge in [-0.05, 0) is 24.1 Å². The fraction of sp³-hybridized carbons (Fsp3) is 0.450. The van der Waals surface area contributed by atoms with Gasteiger partial charge in [0.05, 0.1) is 44.1 Å². The van der Waals surface area contributed by atoms with Gasteiger partial charge in [0, 0.05) is 18.8 Å². The number of pyridine rings is 1. The normalized spacial score (nSPS) is 13.1. The van der Waals surface area contributed by atoms with Crippen LogP contribution in [0.5, 0.6) is 5.88 Å². The zero-order chi connectivity index (χ0) is 29.0.